The maximum atomic E-state index is 5.72. The Morgan fingerprint density at radius 3 is 2.64 bits per heavy atom. The van der Waals surface area contributed by atoms with Gasteiger partial charge in [-0.1, -0.05) is 23.4 Å². The Kier molecular flexibility index (Phi) is 9.56. The summed E-state index contributed by atoms with van der Waals surface area (Å²) in [7, 11) is 0. The van der Waals surface area contributed by atoms with Crippen LogP contribution in [0.5, 0.6) is 5.75 Å². The van der Waals surface area contributed by atoms with E-state index in [4.69, 9.17) is 14.3 Å². The first kappa shape index (κ1) is 22.5. The van der Waals surface area contributed by atoms with Gasteiger partial charge in [0.1, 0.15) is 12.0 Å². The molecule has 2 heterocycles. The van der Waals surface area contributed by atoms with Crippen LogP contribution in [0.2, 0.25) is 0 Å². The molecule has 0 spiro atoms. The smallest absolute Gasteiger partial charge is 0.194 e. The van der Waals surface area contributed by atoms with Gasteiger partial charge < -0.3 is 19.5 Å². The highest BCUT2D eigenvalue weighted by Crippen LogP contribution is 2.19. The van der Waals surface area contributed by atoms with Crippen LogP contribution in [0.3, 0.4) is 0 Å². The molecule has 7 nitrogen and oxygen atoms in total. The van der Waals surface area contributed by atoms with Gasteiger partial charge in [0, 0.05) is 50.9 Å². The van der Waals surface area contributed by atoms with Crippen LogP contribution < -0.4 is 10.1 Å². The van der Waals surface area contributed by atoms with Crippen molar-refractivity contribution in [3.8, 4) is 5.75 Å². The van der Waals surface area contributed by atoms with Gasteiger partial charge in [-0.05, 0) is 19.9 Å². The molecule has 1 aromatic heterocycles. The van der Waals surface area contributed by atoms with E-state index in [1.807, 2.05) is 31.2 Å². The van der Waals surface area contributed by atoms with Crippen LogP contribution >= 0.6 is 24.0 Å². The fourth-order valence-corrected chi connectivity index (χ4v) is 3.18. The number of para-hydroxylation sites is 1. The number of halogens is 1. The third-order valence-corrected chi connectivity index (χ3v) is 4.56. The normalized spacial score (nSPS) is 15.2. The van der Waals surface area contributed by atoms with Gasteiger partial charge in [-0.3, -0.25) is 4.90 Å². The third-order valence-electron chi connectivity index (χ3n) is 4.56. The van der Waals surface area contributed by atoms with Gasteiger partial charge >= 0.3 is 0 Å². The summed E-state index contributed by atoms with van der Waals surface area (Å²) in [5.41, 5.74) is 2.09. The number of aromatic nitrogens is 1. The number of guanidine groups is 1. The first-order chi connectivity index (χ1) is 13.3. The lowest BCUT2D eigenvalue weighted by Gasteiger charge is -2.36. The molecule has 1 fully saturated rings. The highest BCUT2D eigenvalue weighted by molar-refractivity contribution is 14.0. The summed E-state index contributed by atoms with van der Waals surface area (Å²) in [6, 6.07) is 10.0. The maximum absolute atomic E-state index is 5.72. The van der Waals surface area contributed by atoms with Crippen molar-refractivity contribution in [1.29, 1.82) is 0 Å². The molecule has 1 saturated heterocycles. The SMILES string of the molecule is CCNC(=NCc1ccccc1OCC)N1CCN(Cc2ccon2)CC1.I. The number of hydrogen-bond donors (Lipinski definition) is 1. The van der Waals surface area contributed by atoms with E-state index in [1.54, 1.807) is 6.26 Å². The molecule has 2 aromatic rings. The van der Waals surface area contributed by atoms with E-state index >= 15 is 0 Å². The second kappa shape index (κ2) is 11.9. The number of nitrogens with zero attached hydrogens (tertiary/aromatic N) is 4. The number of aliphatic imine (C=N–C) groups is 1. The number of rotatable bonds is 7. The number of nitrogens with one attached hydrogen (secondary N) is 1. The summed E-state index contributed by atoms with van der Waals surface area (Å²) in [5.74, 6) is 1.88. The highest BCUT2D eigenvalue weighted by Gasteiger charge is 2.20. The van der Waals surface area contributed by atoms with Crippen molar-refractivity contribution in [3.63, 3.8) is 0 Å². The zero-order valence-corrected chi connectivity index (χ0v) is 19.0. The van der Waals surface area contributed by atoms with Crippen LogP contribution in [0.15, 0.2) is 46.1 Å². The zero-order valence-electron chi connectivity index (χ0n) is 16.6. The minimum absolute atomic E-state index is 0. The van der Waals surface area contributed by atoms with Crippen molar-refractivity contribution >= 4 is 29.9 Å². The highest BCUT2D eigenvalue weighted by atomic mass is 127. The fourth-order valence-electron chi connectivity index (χ4n) is 3.18. The summed E-state index contributed by atoms with van der Waals surface area (Å²) in [4.78, 5) is 9.57. The average molecular weight is 499 g/mol. The lowest BCUT2D eigenvalue weighted by atomic mass is 10.2. The van der Waals surface area contributed by atoms with Crippen LogP contribution in [0, 0.1) is 0 Å². The van der Waals surface area contributed by atoms with E-state index in [0.29, 0.717) is 13.2 Å². The molecule has 0 saturated carbocycles. The van der Waals surface area contributed by atoms with E-state index < -0.39 is 0 Å². The van der Waals surface area contributed by atoms with Crippen LogP contribution in [0.25, 0.3) is 0 Å². The lowest BCUT2D eigenvalue weighted by Crippen LogP contribution is -2.52. The van der Waals surface area contributed by atoms with Gasteiger partial charge in [0.05, 0.1) is 18.8 Å². The van der Waals surface area contributed by atoms with Crippen LogP contribution in [-0.4, -0.2) is 60.2 Å². The van der Waals surface area contributed by atoms with Crippen molar-refractivity contribution in [2.45, 2.75) is 26.9 Å². The molecular formula is C20H30IN5O2. The molecule has 0 unspecified atom stereocenters. The zero-order chi connectivity index (χ0) is 18.9. The number of hydrogen-bond acceptors (Lipinski definition) is 5. The molecule has 3 rings (SSSR count). The molecule has 1 aliphatic heterocycles. The second-order valence-electron chi connectivity index (χ2n) is 6.46. The van der Waals surface area contributed by atoms with E-state index in [1.165, 1.54) is 0 Å². The van der Waals surface area contributed by atoms with Crippen molar-refractivity contribution < 1.29 is 9.26 Å². The monoisotopic (exact) mass is 499 g/mol. The summed E-state index contributed by atoms with van der Waals surface area (Å²) in [6.45, 7) is 10.9. The summed E-state index contributed by atoms with van der Waals surface area (Å²) in [6.07, 6.45) is 1.63. The molecule has 1 N–H and O–H groups in total. The molecule has 0 aliphatic carbocycles. The van der Waals surface area contributed by atoms with Crippen molar-refractivity contribution in [1.82, 2.24) is 20.3 Å². The second-order valence-corrected chi connectivity index (χ2v) is 6.46. The third kappa shape index (κ3) is 6.37. The van der Waals surface area contributed by atoms with E-state index in [2.05, 4.69) is 33.3 Å². The Bertz CT molecular complexity index is 715. The van der Waals surface area contributed by atoms with Gasteiger partial charge in [0.25, 0.3) is 0 Å². The van der Waals surface area contributed by atoms with E-state index in [0.717, 1.165) is 62.2 Å². The first-order valence-corrected chi connectivity index (χ1v) is 9.65. The van der Waals surface area contributed by atoms with Gasteiger partial charge in [0.2, 0.25) is 0 Å². The Hall–Kier alpha value is -1.81. The lowest BCUT2D eigenvalue weighted by molar-refractivity contribution is 0.169. The minimum Gasteiger partial charge on any atom is -0.494 e. The minimum atomic E-state index is 0. The van der Waals surface area contributed by atoms with Crippen LogP contribution in [-0.2, 0) is 13.1 Å². The molecule has 0 bridgehead atoms. The molecule has 1 aliphatic rings. The van der Waals surface area contributed by atoms with E-state index in [-0.39, 0.29) is 24.0 Å². The van der Waals surface area contributed by atoms with Gasteiger partial charge in [-0.15, -0.1) is 24.0 Å². The van der Waals surface area contributed by atoms with Crippen LogP contribution in [0.1, 0.15) is 25.1 Å². The molecule has 8 heteroatoms. The van der Waals surface area contributed by atoms with Crippen molar-refractivity contribution in [3.05, 3.63) is 47.9 Å². The standard InChI is InChI=1S/C20H29N5O2.HI/c1-3-21-20(22-15-17-7-5-6-8-19(17)26-4-2)25-12-10-24(11-13-25)16-18-9-14-27-23-18;/h5-9,14H,3-4,10-13,15-16H2,1-2H3,(H,21,22);1H. The Balaban J connectivity index is 0.00000280. The molecule has 1 aromatic carbocycles. The largest absolute Gasteiger partial charge is 0.494 e. The molecular weight excluding hydrogens is 469 g/mol. The number of ether oxygens (including phenoxy) is 1. The predicted molar refractivity (Wildman–Crippen MR) is 121 cm³/mol. The van der Waals surface area contributed by atoms with Gasteiger partial charge in [0.15, 0.2) is 5.96 Å². The summed E-state index contributed by atoms with van der Waals surface area (Å²) >= 11 is 0. The summed E-state index contributed by atoms with van der Waals surface area (Å²) < 4.78 is 10.6. The number of benzene rings is 1. The molecule has 0 atom stereocenters. The Morgan fingerprint density at radius 1 is 1.18 bits per heavy atom. The first-order valence-electron chi connectivity index (χ1n) is 9.65. The maximum Gasteiger partial charge on any atom is 0.194 e. The average Bonchev–Trinajstić information content (AvgIpc) is 3.20. The molecule has 28 heavy (non-hydrogen) atoms. The molecule has 0 amide bonds. The Morgan fingerprint density at radius 2 is 1.96 bits per heavy atom. The summed E-state index contributed by atoms with van der Waals surface area (Å²) in [5, 5.41) is 7.43. The topological polar surface area (TPSA) is 66.1 Å². The van der Waals surface area contributed by atoms with Gasteiger partial charge in [-0.2, -0.15) is 0 Å². The predicted octanol–water partition coefficient (Wildman–Crippen LogP) is 2.97. The van der Waals surface area contributed by atoms with Crippen LogP contribution in [0.4, 0.5) is 0 Å². The Labute approximate surface area is 184 Å². The molecule has 0 radical (unpaired) electrons. The van der Waals surface area contributed by atoms with Crippen molar-refractivity contribution in [2.24, 2.45) is 4.99 Å². The fraction of sp³-hybridized carbons (Fsp3) is 0.500. The quantitative estimate of drug-likeness (QED) is 0.359. The number of piperazine rings is 1. The van der Waals surface area contributed by atoms with Crippen molar-refractivity contribution in [2.75, 3.05) is 39.3 Å². The molecule has 154 valence electrons. The van der Waals surface area contributed by atoms with E-state index in [9.17, 15) is 0 Å². The van der Waals surface area contributed by atoms with Gasteiger partial charge in [-0.25, -0.2) is 4.99 Å².